The second kappa shape index (κ2) is 5.39. The molecule has 9 heteroatoms. The Bertz CT molecular complexity index is 745. The zero-order valence-electron chi connectivity index (χ0n) is 10.5. The van der Waals surface area contributed by atoms with E-state index in [0.29, 0.717) is 5.69 Å². The molecule has 2 aromatic rings. The molecule has 20 heavy (non-hydrogen) atoms. The largest absolute Gasteiger partial charge is 0.396 e. The van der Waals surface area contributed by atoms with Gasteiger partial charge in [-0.1, -0.05) is 11.6 Å². The molecule has 108 valence electrons. The first-order valence-electron chi connectivity index (χ1n) is 5.52. The van der Waals surface area contributed by atoms with E-state index in [0.717, 1.165) is 12.1 Å². The summed E-state index contributed by atoms with van der Waals surface area (Å²) in [6, 6.07) is 3.53. The van der Waals surface area contributed by atoms with Gasteiger partial charge in [0.2, 0.25) is 10.0 Å². The quantitative estimate of drug-likeness (QED) is 0.831. The molecule has 0 aliphatic rings. The second-order valence-electron chi connectivity index (χ2n) is 4.07. The summed E-state index contributed by atoms with van der Waals surface area (Å²) in [6.07, 6.45) is 1.55. The fraction of sp³-hybridized carbons (Fsp3) is 0.182. The lowest BCUT2D eigenvalue weighted by atomic mass is 10.3. The molecule has 0 saturated carbocycles. The number of hydrogen-bond donors (Lipinski definition) is 2. The number of rotatable bonds is 4. The number of sulfonamides is 1. The van der Waals surface area contributed by atoms with E-state index in [-0.39, 0.29) is 22.2 Å². The van der Waals surface area contributed by atoms with Crippen molar-refractivity contribution in [2.75, 3.05) is 5.73 Å². The van der Waals surface area contributed by atoms with Crippen LogP contribution in [0.25, 0.3) is 0 Å². The van der Waals surface area contributed by atoms with Gasteiger partial charge in [0.05, 0.1) is 22.9 Å². The molecule has 0 unspecified atom stereocenters. The molecule has 2 rings (SSSR count). The summed E-state index contributed by atoms with van der Waals surface area (Å²) in [4.78, 5) is -0.264. The van der Waals surface area contributed by atoms with Crippen LogP contribution in [-0.2, 0) is 23.6 Å². The maximum atomic E-state index is 13.2. The van der Waals surface area contributed by atoms with E-state index in [1.54, 1.807) is 19.3 Å². The third kappa shape index (κ3) is 2.92. The van der Waals surface area contributed by atoms with Gasteiger partial charge in [-0.2, -0.15) is 5.10 Å². The molecule has 0 fully saturated rings. The topological polar surface area (TPSA) is 90.0 Å². The van der Waals surface area contributed by atoms with Crippen LogP contribution < -0.4 is 10.5 Å². The predicted octanol–water partition coefficient (Wildman–Crippen LogP) is 1.27. The lowest BCUT2D eigenvalue weighted by molar-refractivity contribution is 0.576. The van der Waals surface area contributed by atoms with E-state index < -0.39 is 15.8 Å². The van der Waals surface area contributed by atoms with Gasteiger partial charge in [0.25, 0.3) is 0 Å². The maximum Gasteiger partial charge on any atom is 0.242 e. The predicted molar refractivity (Wildman–Crippen MR) is 73.1 cm³/mol. The van der Waals surface area contributed by atoms with Gasteiger partial charge in [0, 0.05) is 13.2 Å². The lowest BCUT2D eigenvalue weighted by Gasteiger charge is -2.09. The van der Waals surface area contributed by atoms with Crippen LogP contribution in [0.4, 0.5) is 10.1 Å². The van der Waals surface area contributed by atoms with Crippen molar-refractivity contribution < 1.29 is 12.8 Å². The van der Waals surface area contributed by atoms with Gasteiger partial charge in [-0.15, -0.1) is 0 Å². The van der Waals surface area contributed by atoms with Crippen molar-refractivity contribution in [1.29, 1.82) is 0 Å². The lowest BCUT2D eigenvalue weighted by Crippen LogP contribution is -2.25. The summed E-state index contributed by atoms with van der Waals surface area (Å²) in [5.74, 6) is -0.763. The molecule has 0 spiro atoms. The van der Waals surface area contributed by atoms with Crippen LogP contribution in [0, 0.1) is 5.82 Å². The summed E-state index contributed by atoms with van der Waals surface area (Å²) in [5.41, 5.74) is 5.75. The zero-order valence-corrected chi connectivity index (χ0v) is 12.0. The number of anilines is 1. The minimum Gasteiger partial charge on any atom is -0.396 e. The molecule has 1 aromatic heterocycles. The molecule has 0 aliphatic carbocycles. The highest BCUT2D eigenvalue weighted by molar-refractivity contribution is 7.89. The van der Waals surface area contributed by atoms with Gasteiger partial charge in [0.15, 0.2) is 0 Å². The Morgan fingerprint density at radius 1 is 1.50 bits per heavy atom. The Kier molecular flexibility index (Phi) is 3.98. The smallest absolute Gasteiger partial charge is 0.242 e. The Labute approximate surface area is 120 Å². The highest BCUT2D eigenvalue weighted by Crippen LogP contribution is 2.26. The van der Waals surface area contributed by atoms with Crippen molar-refractivity contribution in [2.45, 2.75) is 11.4 Å². The van der Waals surface area contributed by atoms with E-state index in [1.165, 1.54) is 4.68 Å². The van der Waals surface area contributed by atoms with Gasteiger partial charge in [-0.25, -0.2) is 17.5 Å². The fourth-order valence-electron chi connectivity index (χ4n) is 1.57. The third-order valence-electron chi connectivity index (χ3n) is 2.71. The molecule has 1 heterocycles. The molecule has 0 atom stereocenters. The molecule has 1 aromatic carbocycles. The van der Waals surface area contributed by atoms with Crippen molar-refractivity contribution in [2.24, 2.45) is 7.05 Å². The van der Waals surface area contributed by atoms with Gasteiger partial charge in [-0.05, 0) is 18.2 Å². The molecule has 3 N–H and O–H groups in total. The first-order chi connectivity index (χ1) is 9.31. The Balaban J connectivity index is 2.27. The van der Waals surface area contributed by atoms with Gasteiger partial charge >= 0.3 is 0 Å². The minimum absolute atomic E-state index is 0.0342. The van der Waals surface area contributed by atoms with Gasteiger partial charge in [0.1, 0.15) is 10.7 Å². The average molecular weight is 319 g/mol. The average Bonchev–Trinajstić information content (AvgIpc) is 2.77. The van der Waals surface area contributed by atoms with E-state index >= 15 is 0 Å². The summed E-state index contributed by atoms with van der Waals surface area (Å²) in [6.45, 7) is 0.0342. The first-order valence-corrected chi connectivity index (χ1v) is 7.38. The Morgan fingerprint density at radius 2 is 2.20 bits per heavy atom. The molecule has 0 radical (unpaired) electrons. The summed E-state index contributed by atoms with van der Waals surface area (Å²) < 4.78 is 41.3. The SMILES string of the molecule is Cn1nccc1CNS(=O)(=O)c1cc(N)c(F)cc1Cl. The highest BCUT2D eigenvalue weighted by atomic mass is 35.5. The van der Waals surface area contributed by atoms with Crippen LogP contribution >= 0.6 is 11.6 Å². The fourth-order valence-corrected chi connectivity index (χ4v) is 3.12. The number of hydrogen-bond acceptors (Lipinski definition) is 4. The van der Waals surface area contributed by atoms with Crippen molar-refractivity contribution in [3.05, 3.63) is 40.9 Å². The first kappa shape index (κ1) is 14.8. The van der Waals surface area contributed by atoms with Gasteiger partial charge < -0.3 is 5.73 Å². The highest BCUT2D eigenvalue weighted by Gasteiger charge is 2.20. The Morgan fingerprint density at radius 3 is 2.80 bits per heavy atom. The van der Waals surface area contributed by atoms with Crippen molar-refractivity contribution in [3.63, 3.8) is 0 Å². The monoisotopic (exact) mass is 318 g/mol. The summed E-state index contributed by atoms with van der Waals surface area (Å²) >= 11 is 5.75. The zero-order chi connectivity index (χ0) is 14.9. The van der Waals surface area contributed by atoms with Crippen LogP contribution in [0.2, 0.25) is 5.02 Å². The standard InChI is InChI=1S/C11H12ClFN4O2S/c1-17-7(2-3-15-17)6-16-20(18,19)11-5-10(14)9(13)4-8(11)12/h2-5,16H,6,14H2,1H3. The summed E-state index contributed by atoms with van der Waals surface area (Å²) in [5, 5.41) is 3.69. The molecule has 6 nitrogen and oxygen atoms in total. The number of benzene rings is 1. The second-order valence-corrected chi connectivity index (χ2v) is 6.22. The van der Waals surface area contributed by atoms with Crippen molar-refractivity contribution in [1.82, 2.24) is 14.5 Å². The normalized spacial score (nSPS) is 11.8. The van der Waals surface area contributed by atoms with E-state index in [4.69, 9.17) is 17.3 Å². The van der Waals surface area contributed by atoms with Crippen LogP contribution in [0.3, 0.4) is 0 Å². The molecule has 0 saturated heterocycles. The number of aryl methyl sites for hydroxylation is 1. The van der Waals surface area contributed by atoms with Crippen molar-refractivity contribution >= 4 is 27.3 Å². The van der Waals surface area contributed by atoms with E-state index in [9.17, 15) is 12.8 Å². The third-order valence-corrected chi connectivity index (χ3v) is 4.57. The van der Waals surface area contributed by atoms with Gasteiger partial charge in [-0.3, -0.25) is 4.68 Å². The molecule has 0 aliphatic heterocycles. The molecular formula is C11H12ClFN4O2S. The van der Waals surface area contributed by atoms with Crippen LogP contribution in [0.1, 0.15) is 5.69 Å². The number of nitrogens with zero attached hydrogens (tertiary/aromatic N) is 2. The molecule has 0 bridgehead atoms. The molecular weight excluding hydrogens is 307 g/mol. The number of aromatic nitrogens is 2. The van der Waals surface area contributed by atoms with E-state index in [2.05, 4.69) is 9.82 Å². The van der Waals surface area contributed by atoms with Crippen LogP contribution in [0.5, 0.6) is 0 Å². The van der Waals surface area contributed by atoms with Crippen molar-refractivity contribution in [3.8, 4) is 0 Å². The van der Waals surface area contributed by atoms with Crippen LogP contribution in [-0.4, -0.2) is 18.2 Å². The number of nitrogens with two attached hydrogens (primary N) is 1. The minimum atomic E-state index is -3.89. The Hall–Kier alpha value is -1.64. The number of nitrogens with one attached hydrogen (secondary N) is 1. The van der Waals surface area contributed by atoms with E-state index in [1.807, 2.05) is 0 Å². The molecule has 0 amide bonds. The maximum absolute atomic E-state index is 13.2. The number of halogens is 2. The summed E-state index contributed by atoms with van der Waals surface area (Å²) in [7, 11) is -2.21. The van der Waals surface area contributed by atoms with Crippen LogP contribution in [0.15, 0.2) is 29.3 Å². The number of nitrogen functional groups attached to an aromatic ring is 1.